The van der Waals surface area contributed by atoms with E-state index < -0.39 is 10.0 Å². The molecule has 1 amide bonds. The molecule has 0 N–H and O–H groups in total. The standard InChI is InChI=1S/C19H20N2O3S/c1-14-8-9-17-16(12-14)15-6-2-3-7-18(15)25(23,24)21(17)13-19(22)20-10-4-5-11-20/h2-3,6-9,12H,4-5,10-11,13H2,1H3. The molecule has 4 rings (SSSR count). The van der Waals surface area contributed by atoms with Crippen LogP contribution >= 0.6 is 0 Å². The number of carbonyl (C=O) groups excluding carboxylic acids is 1. The molecule has 2 aromatic rings. The van der Waals surface area contributed by atoms with E-state index >= 15 is 0 Å². The molecule has 1 fully saturated rings. The monoisotopic (exact) mass is 356 g/mol. The second-order valence-corrected chi connectivity index (χ2v) is 8.45. The molecule has 0 saturated carbocycles. The van der Waals surface area contributed by atoms with Gasteiger partial charge in [0.1, 0.15) is 6.54 Å². The van der Waals surface area contributed by atoms with Gasteiger partial charge >= 0.3 is 0 Å². The second-order valence-electron chi connectivity index (χ2n) is 6.62. The third-order valence-corrected chi connectivity index (χ3v) is 6.72. The molecule has 2 heterocycles. The summed E-state index contributed by atoms with van der Waals surface area (Å²) in [6.07, 6.45) is 1.97. The fraction of sp³-hybridized carbons (Fsp3) is 0.316. The first-order valence-corrected chi connectivity index (χ1v) is 9.93. The first-order chi connectivity index (χ1) is 12.0. The molecular formula is C19H20N2O3S. The normalized spacial score (nSPS) is 18.0. The number of carbonyl (C=O) groups is 1. The zero-order chi connectivity index (χ0) is 17.6. The van der Waals surface area contributed by atoms with Crippen molar-refractivity contribution in [3.63, 3.8) is 0 Å². The van der Waals surface area contributed by atoms with Crippen molar-refractivity contribution in [1.29, 1.82) is 0 Å². The van der Waals surface area contributed by atoms with Gasteiger partial charge in [-0.3, -0.25) is 9.10 Å². The number of anilines is 1. The van der Waals surface area contributed by atoms with Gasteiger partial charge in [0.25, 0.3) is 10.0 Å². The highest BCUT2D eigenvalue weighted by atomic mass is 32.2. The van der Waals surface area contributed by atoms with Crippen molar-refractivity contribution in [3.8, 4) is 11.1 Å². The van der Waals surface area contributed by atoms with E-state index in [9.17, 15) is 13.2 Å². The molecule has 5 nitrogen and oxygen atoms in total. The first-order valence-electron chi connectivity index (χ1n) is 8.49. The number of sulfonamides is 1. The highest BCUT2D eigenvalue weighted by Gasteiger charge is 2.36. The van der Waals surface area contributed by atoms with E-state index in [-0.39, 0.29) is 17.3 Å². The summed E-state index contributed by atoms with van der Waals surface area (Å²) in [4.78, 5) is 14.6. The van der Waals surface area contributed by atoms with Crippen LogP contribution in [0.1, 0.15) is 18.4 Å². The quantitative estimate of drug-likeness (QED) is 0.831. The molecule has 0 bridgehead atoms. The van der Waals surface area contributed by atoms with Gasteiger partial charge < -0.3 is 4.90 Å². The van der Waals surface area contributed by atoms with Crippen LogP contribution in [-0.2, 0) is 14.8 Å². The zero-order valence-corrected chi connectivity index (χ0v) is 14.9. The molecule has 2 aromatic carbocycles. The fourth-order valence-electron chi connectivity index (χ4n) is 3.60. The van der Waals surface area contributed by atoms with Crippen LogP contribution in [0.3, 0.4) is 0 Å². The second kappa shape index (κ2) is 5.88. The van der Waals surface area contributed by atoms with Crippen molar-refractivity contribution < 1.29 is 13.2 Å². The number of likely N-dealkylation sites (tertiary alicyclic amines) is 1. The Labute approximate surface area is 147 Å². The van der Waals surface area contributed by atoms with Crippen LogP contribution in [0.4, 0.5) is 5.69 Å². The van der Waals surface area contributed by atoms with Gasteiger partial charge in [-0.1, -0.05) is 29.8 Å². The summed E-state index contributed by atoms with van der Waals surface area (Å²) < 4.78 is 27.6. The Morgan fingerprint density at radius 1 is 1.04 bits per heavy atom. The Balaban J connectivity index is 1.83. The maximum absolute atomic E-state index is 13.2. The molecule has 0 aromatic heterocycles. The summed E-state index contributed by atoms with van der Waals surface area (Å²) in [5.41, 5.74) is 3.20. The number of nitrogens with zero attached hydrogens (tertiary/aromatic N) is 2. The number of hydrogen-bond acceptors (Lipinski definition) is 3. The average Bonchev–Trinajstić information content (AvgIpc) is 3.13. The van der Waals surface area contributed by atoms with Crippen molar-refractivity contribution in [2.45, 2.75) is 24.7 Å². The SMILES string of the molecule is Cc1ccc2c(c1)-c1ccccc1S(=O)(=O)N2CC(=O)N1CCCC1. The number of benzene rings is 2. The van der Waals surface area contributed by atoms with Crippen molar-refractivity contribution in [1.82, 2.24) is 4.90 Å². The molecular weight excluding hydrogens is 336 g/mol. The Morgan fingerprint density at radius 2 is 1.76 bits per heavy atom. The predicted molar refractivity (Wildman–Crippen MR) is 97.0 cm³/mol. The van der Waals surface area contributed by atoms with Crippen molar-refractivity contribution in [2.24, 2.45) is 0 Å². The van der Waals surface area contributed by atoms with E-state index in [0.29, 0.717) is 24.3 Å². The smallest absolute Gasteiger partial charge is 0.265 e. The minimum atomic E-state index is -3.75. The molecule has 0 unspecified atom stereocenters. The van der Waals surface area contributed by atoms with Gasteiger partial charge in [0.05, 0.1) is 10.6 Å². The number of hydrogen-bond donors (Lipinski definition) is 0. The predicted octanol–water partition coefficient (Wildman–Crippen LogP) is 2.79. The van der Waals surface area contributed by atoms with Gasteiger partial charge in [-0.15, -0.1) is 0 Å². The molecule has 0 atom stereocenters. The van der Waals surface area contributed by atoms with Crippen LogP contribution in [0.15, 0.2) is 47.4 Å². The number of aryl methyl sites for hydroxylation is 1. The summed E-state index contributed by atoms with van der Waals surface area (Å²) in [6, 6.07) is 12.7. The lowest BCUT2D eigenvalue weighted by molar-refractivity contribution is -0.128. The number of fused-ring (bicyclic) bond motifs is 3. The molecule has 0 spiro atoms. The van der Waals surface area contributed by atoms with Crippen molar-refractivity contribution >= 4 is 21.6 Å². The van der Waals surface area contributed by atoms with E-state index in [1.807, 2.05) is 31.2 Å². The van der Waals surface area contributed by atoms with Crippen LogP contribution in [0.5, 0.6) is 0 Å². The fourth-order valence-corrected chi connectivity index (χ4v) is 5.25. The molecule has 2 aliphatic rings. The Hall–Kier alpha value is -2.34. The molecule has 0 radical (unpaired) electrons. The lowest BCUT2D eigenvalue weighted by Crippen LogP contribution is -2.43. The maximum Gasteiger partial charge on any atom is 0.265 e. The van der Waals surface area contributed by atoms with Crippen molar-refractivity contribution in [2.75, 3.05) is 23.9 Å². The Bertz CT molecular complexity index is 947. The minimum Gasteiger partial charge on any atom is -0.341 e. The maximum atomic E-state index is 13.2. The van der Waals surface area contributed by atoms with Gasteiger partial charge in [-0.05, 0) is 38.0 Å². The van der Waals surface area contributed by atoms with Crippen LogP contribution in [-0.4, -0.2) is 38.9 Å². The van der Waals surface area contributed by atoms with E-state index in [0.717, 1.165) is 24.0 Å². The van der Waals surface area contributed by atoms with Gasteiger partial charge in [0.2, 0.25) is 5.91 Å². The van der Waals surface area contributed by atoms with Crippen LogP contribution < -0.4 is 4.31 Å². The third-order valence-electron chi connectivity index (χ3n) is 4.90. The number of rotatable bonds is 2. The topological polar surface area (TPSA) is 57.7 Å². The molecule has 2 aliphatic heterocycles. The summed E-state index contributed by atoms with van der Waals surface area (Å²) >= 11 is 0. The van der Waals surface area contributed by atoms with E-state index in [4.69, 9.17) is 0 Å². The number of amides is 1. The minimum absolute atomic E-state index is 0.132. The van der Waals surface area contributed by atoms with Gasteiger partial charge in [0.15, 0.2) is 0 Å². The molecule has 130 valence electrons. The highest BCUT2D eigenvalue weighted by molar-refractivity contribution is 7.93. The Morgan fingerprint density at radius 3 is 2.52 bits per heavy atom. The van der Waals surface area contributed by atoms with E-state index in [2.05, 4.69) is 0 Å². The average molecular weight is 356 g/mol. The van der Waals surface area contributed by atoms with Gasteiger partial charge in [-0.25, -0.2) is 8.42 Å². The van der Waals surface area contributed by atoms with Crippen LogP contribution in [0.25, 0.3) is 11.1 Å². The lowest BCUT2D eigenvalue weighted by atomic mass is 10.0. The van der Waals surface area contributed by atoms with Crippen LogP contribution in [0.2, 0.25) is 0 Å². The Kier molecular flexibility index (Phi) is 3.80. The highest BCUT2D eigenvalue weighted by Crippen LogP contribution is 2.43. The zero-order valence-electron chi connectivity index (χ0n) is 14.1. The van der Waals surface area contributed by atoms with Crippen LogP contribution in [0, 0.1) is 6.92 Å². The summed E-state index contributed by atoms with van der Waals surface area (Å²) in [5.74, 6) is -0.132. The van der Waals surface area contributed by atoms with Crippen molar-refractivity contribution in [3.05, 3.63) is 48.0 Å². The molecule has 0 aliphatic carbocycles. The lowest BCUT2D eigenvalue weighted by Gasteiger charge is -2.32. The summed E-state index contributed by atoms with van der Waals surface area (Å²) in [6.45, 7) is 3.26. The first kappa shape index (κ1) is 16.1. The van der Waals surface area contributed by atoms with Gasteiger partial charge in [0, 0.05) is 24.2 Å². The third kappa shape index (κ3) is 2.61. The summed E-state index contributed by atoms with van der Waals surface area (Å²) in [5, 5.41) is 0. The molecule has 25 heavy (non-hydrogen) atoms. The van der Waals surface area contributed by atoms with E-state index in [1.165, 1.54) is 4.31 Å². The molecule has 6 heteroatoms. The molecule has 1 saturated heterocycles. The van der Waals surface area contributed by atoms with E-state index in [1.54, 1.807) is 23.1 Å². The largest absolute Gasteiger partial charge is 0.341 e. The summed E-state index contributed by atoms with van der Waals surface area (Å²) in [7, 11) is -3.75. The van der Waals surface area contributed by atoms with Gasteiger partial charge in [-0.2, -0.15) is 0 Å².